The molecule has 11 heteroatoms. The van der Waals surface area contributed by atoms with E-state index in [0.717, 1.165) is 38.6 Å². The molecule has 1 amide bonds. The minimum absolute atomic E-state index is 0.142. The number of carbonyl (C=O) groups is 1. The van der Waals surface area contributed by atoms with Gasteiger partial charge in [0.25, 0.3) is 5.91 Å². The molecule has 2 aromatic rings. The lowest BCUT2D eigenvalue weighted by Gasteiger charge is -2.34. The van der Waals surface area contributed by atoms with Crippen molar-refractivity contribution in [1.82, 2.24) is 24.8 Å². The summed E-state index contributed by atoms with van der Waals surface area (Å²) >= 11 is 0. The molecule has 2 aliphatic heterocycles. The zero-order valence-corrected chi connectivity index (χ0v) is 20.6. The highest BCUT2D eigenvalue weighted by molar-refractivity contribution is 5.83. The van der Waals surface area contributed by atoms with Gasteiger partial charge in [-0.25, -0.2) is 15.0 Å². The number of aromatic nitrogens is 4. The van der Waals surface area contributed by atoms with Gasteiger partial charge >= 0.3 is 0 Å². The minimum atomic E-state index is -0.851. The summed E-state index contributed by atoms with van der Waals surface area (Å²) in [6, 6.07) is 0. The first kappa shape index (κ1) is 24.0. The van der Waals surface area contributed by atoms with Gasteiger partial charge < -0.3 is 30.0 Å². The maximum Gasteiger partial charge on any atom is 0.252 e. The molecule has 6 rings (SSSR count). The molecular formula is C25H36N6O5. The lowest BCUT2D eigenvalue weighted by molar-refractivity contribution is -0.229. The van der Waals surface area contributed by atoms with Gasteiger partial charge in [0.15, 0.2) is 35.1 Å². The van der Waals surface area contributed by atoms with Crippen LogP contribution in [0, 0.1) is 5.92 Å². The number of carbonyl (C=O) groups excluding carboxylic acids is 1. The van der Waals surface area contributed by atoms with Gasteiger partial charge in [-0.1, -0.05) is 25.7 Å². The van der Waals surface area contributed by atoms with E-state index < -0.39 is 30.3 Å². The van der Waals surface area contributed by atoms with Crippen LogP contribution in [0.25, 0.3) is 11.2 Å². The Kier molecular flexibility index (Phi) is 6.80. The monoisotopic (exact) mass is 500 g/mol. The molecule has 36 heavy (non-hydrogen) atoms. The first-order valence-corrected chi connectivity index (χ1v) is 13.5. The molecule has 11 nitrogen and oxygen atoms in total. The van der Waals surface area contributed by atoms with E-state index in [0.29, 0.717) is 22.9 Å². The number of nitrogens with one attached hydrogen (secondary N) is 2. The van der Waals surface area contributed by atoms with E-state index in [1.807, 2.05) is 4.57 Å². The van der Waals surface area contributed by atoms with Crippen molar-refractivity contribution in [2.45, 2.75) is 94.5 Å². The van der Waals surface area contributed by atoms with Crippen LogP contribution in [0.1, 0.15) is 70.4 Å². The second-order valence-electron chi connectivity index (χ2n) is 10.5. The molecule has 0 aromatic carbocycles. The molecule has 4 fully saturated rings. The summed E-state index contributed by atoms with van der Waals surface area (Å²) in [6.45, 7) is 0.886. The predicted octanol–water partition coefficient (Wildman–Crippen LogP) is 2.27. The number of hydrogen-bond acceptors (Lipinski definition) is 9. The van der Waals surface area contributed by atoms with Crippen LogP contribution in [0.3, 0.4) is 0 Å². The third kappa shape index (κ3) is 4.46. The molecule has 0 bridgehead atoms. The molecule has 2 aliphatic carbocycles. The lowest BCUT2D eigenvalue weighted by atomic mass is 9.89. The summed E-state index contributed by atoms with van der Waals surface area (Å²) in [5, 5.41) is 15.4. The number of imidazole rings is 1. The SMILES string of the molecule is O=C(NCCO)[C@H]1O[C@@H](n2cnc3c(NCC4CCCCC4)ncnc32)[C@H]2OC3(CCCCC3)OC12. The summed E-state index contributed by atoms with van der Waals surface area (Å²) in [5.74, 6) is 0.373. The van der Waals surface area contributed by atoms with E-state index >= 15 is 0 Å². The highest BCUT2D eigenvalue weighted by Gasteiger charge is 2.60. The van der Waals surface area contributed by atoms with Crippen molar-refractivity contribution in [2.75, 3.05) is 25.0 Å². The Morgan fingerprint density at radius 1 is 1.06 bits per heavy atom. The van der Waals surface area contributed by atoms with Gasteiger partial charge in [-0.05, 0) is 31.6 Å². The van der Waals surface area contributed by atoms with Crippen molar-refractivity contribution < 1.29 is 24.1 Å². The standard InChI is InChI=1S/C25H36N6O5/c32-12-11-26-23(33)19-18-20(36-25(35-18)9-5-2-6-10-25)24(34-19)31-15-30-17-21(28-14-29-22(17)31)27-13-16-7-3-1-4-8-16/h14-16,18-20,24,32H,1-13H2,(H,26,33)(H,27,28,29)/t18?,19-,20-,24+/m0/s1. The Labute approximate surface area is 210 Å². The van der Waals surface area contributed by atoms with Gasteiger partial charge in [0.1, 0.15) is 18.5 Å². The molecule has 4 heterocycles. The average Bonchev–Trinajstić information content (AvgIpc) is 3.59. The maximum atomic E-state index is 12.9. The van der Waals surface area contributed by atoms with Crippen molar-refractivity contribution >= 4 is 22.9 Å². The highest BCUT2D eigenvalue weighted by Crippen LogP contribution is 2.49. The molecule has 4 aliphatic rings. The molecule has 1 unspecified atom stereocenters. The van der Waals surface area contributed by atoms with E-state index in [1.165, 1.54) is 38.4 Å². The van der Waals surface area contributed by atoms with Crippen LogP contribution in [0.15, 0.2) is 12.7 Å². The van der Waals surface area contributed by atoms with Gasteiger partial charge in [-0.3, -0.25) is 9.36 Å². The lowest BCUT2D eigenvalue weighted by Crippen LogP contribution is -2.44. The van der Waals surface area contributed by atoms with Crippen LogP contribution in [0.5, 0.6) is 0 Å². The minimum Gasteiger partial charge on any atom is -0.395 e. The second-order valence-corrected chi connectivity index (χ2v) is 10.5. The summed E-state index contributed by atoms with van der Waals surface area (Å²) < 4.78 is 21.1. The van der Waals surface area contributed by atoms with Gasteiger partial charge in [-0.2, -0.15) is 0 Å². The van der Waals surface area contributed by atoms with Crippen LogP contribution in [-0.4, -0.2) is 74.3 Å². The first-order valence-electron chi connectivity index (χ1n) is 13.5. The third-order valence-electron chi connectivity index (χ3n) is 8.09. The largest absolute Gasteiger partial charge is 0.395 e. The van der Waals surface area contributed by atoms with E-state index in [9.17, 15) is 9.90 Å². The molecule has 2 aromatic heterocycles. The van der Waals surface area contributed by atoms with Gasteiger partial charge in [0, 0.05) is 25.9 Å². The van der Waals surface area contributed by atoms with Gasteiger partial charge in [0.05, 0.1) is 12.9 Å². The van der Waals surface area contributed by atoms with Gasteiger partial charge in [0.2, 0.25) is 0 Å². The summed E-state index contributed by atoms with van der Waals surface area (Å²) in [7, 11) is 0. The zero-order valence-electron chi connectivity index (χ0n) is 20.6. The average molecular weight is 501 g/mol. The van der Waals surface area contributed by atoms with Gasteiger partial charge in [-0.15, -0.1) is 0 Å². The van der Waals surface area contributed by atoms with Crippen molar-refractivity contribution in [3.05, 3.63) is 12.7 Å². The molecule has 3 N–H and O–H groups in total. The van der Waals surface area contributed by atoms with E-state index in [-0.39, 0.29) is 19.1 Å². The number of anilines is 1. The highest BCUT2D eigenvalue weighted by atomic mass is 16.8. The Balaban J connectivity index is 1.26. The molecule has 2 saturated carbocycles. The summed E-state index contributed by atoms with van der Waals surface area (Å²) in [4.78, 5) is 26.6. The molecular weight excluding hydrogens is 464 g/mol. The smallest absolute Gasteiger partial charge is 0.252 e. The number of rotatable bonds is 7. The first-order chi connectivity index (χ1) is 17.7. The van der Waals surface area contributed by atoms with Crippen LogP contribution in [0.4, 0.5) is 5.82 Å². The summed E-state index contributed by atoms with van der Waals surface area (Å²) in [6.07, 6.45) is 12.0. The van der Waals surface area contributed by atoms with Crippen molar-refractivity contribution in [1.29, 1.82) is 0 Å². The zero-order chi connectivity index (χ0) is 24.5. The van der Waals surface area contributed by atoms with Crippen molar-refractivity contribution in [3.8, 4) is 0 Å². The number of aliphatic hydroxyl groups is 1. The Morgan fingerprint density at radius 2 is 1.83 bits per heavy atom. The quantitative estimate of drug-likeness (QED) is 0.524. The Bertz CT molecular complexity index is 1070. The maximum absolute atomic E-state index is 12.9. The number of hydrogen-bond donors (Lipinski definition) is 3. The number of amides is 1. The number of ether oxygens (including phenoxy) is 3. The fourth-order valence-corrected chi connectivity index (χ4v) is 6.26. The van der Waals surface area contributed by atoms with Crippen molar-refractivity contribution in [2.24, 2.45) is 5.92 Å². The van der Waals surface area contributed by atoms with E-state index in [1.54, 1.807) is 6.33 Å². The van der Waals surface area contributed by atoms with E-state index in [2.05, 4.69) is 25.6 Å². The molecule has 2 saturated heterocycles. The van der Waals surface area contributed by atoms with Crippen LogP contribution in [-0.2, 0) is 19.0 Å². The van der Waals surface area contributed by atoms with E-state index in [4.69, 9.17) is 14.2 Å². The molecule has 196 valence electrons. The molecule has 4 atom stereocenters. The van der Waals surface area contributed by atoms with Crippen molar-refractivity contribution in [3.63, 3.8) is 0 Å². The second kappa shape index (κ2) is 10.2. The Morgan fingerprint density at radius 3 is 2.64 bits per heavy atom. The predicted molar refractivity (Wildman–Crippen MR) is 130 cm³/mol. The topological polar surface area (TPSA) is 133 Å². The number of nitrogens with zero attached hydrogens (tertiary/aromatic N) is 4. The number of aliphatic hydroxyl groups excluding tert-OH is 1. The Hall–Kier alpha value is -2.34. The fourth-order valence-electron chi connectivity index (χ4n) is 6.26. The normalized spacial score (nSPS) is 30.0. The molecule has 0 radical (unpaired) electrons. The number of fused-ring (bicyclic) bond motifs is 2. The molecule has 1 spiro atoms. The third-order valence-corrected chi connectivity index (χ3v) is 8.09. The van der Waals surface area contributed by atoms with Crippen LogP contribution in [0.2, 0.25) is 0 Å². The van der Waals surface area contributed by atoms with Crippen LogP contribution < -0.4 is 10.6 Å². The van der Waals surface area contributed by atoms with Crippen LogP contribution >= 0.6 is 0 Å². The summed E-state index contributed by atoms with van der Waals surface area (Å²) in [5.41, 5.74) is 1.30. The fraction of sp³-hybridized carbons (Fsp3) is 0.760.